The number of aromatic nitrogens is 2. The maximum absolute atomic E-state index is 14.1. The molecule has 1 aliphatic heterocycles. The van der Waals surface area contributed by atoms with E-state index in [1.165, 1.54) is 28.4 Å². The molecule has 0 saturated heterocycles. The number of methoxy groups -OCH3 is 4. The molecule has 49 heavy (non-hydrogen) atoms. The van der Waals surface area contributed by atoms with Crippen LogP contribution >= 0.6 is 11.7 Å². The quantitative estimate of drug-likeness (QED) is 0.178. The van der Waals surface area contributed by atoms with E-state index in [0.29, 0.717) is 50.7 Å². The molecule has 1 N–H and O–H groups in total. The van der Waals surface area contributed by atoms with Crippen molar-refractivity contribution >= 4 is 46.4 Å². The number of amides is 1. The number of esters is 2. The molecule has 3 aromatic carbocycles. The molecule has 2 heterocycles. The summed E-state index contributed by atoms with van der Waals surface area (Å²) < 4.78 is 48.3. The van der Waals surface area contributed by atoms with Gasteiger partial charge in [0.1, 0.15) is 22.8 Å². The van der Waals surface area contributed by atoms with Crippen molar-refractivity contribution in [3.8, 4) is 23.0 Å². The fourth-order valence-electron chi connectivity index (χ4n) is 5.61. The summed E-state index contributed by atoms with van der Waals surface area (Å²) in [6.45, 7) is 5.31. The molecule has 0 saturated carbocycles. The van der Waals surface area contributed by atoms with Gasteiger partial charge in [-0.3, -0.25) is 0 Å². The van der Waals surface area contributed by atoms with Crippen LogP contribution in [0.15, 0.2) is 60.2 Å². The zero-order valence-corrected chi connectivity index (χ0v) is 29.0. The highest BCUT2D eigenvalue weighted by molar-refractivity contribution is 7.00. The van der Waals surface area contributed by atoms with E-state index in [1.54, 1.807) is 75.4 Å². The van der Waals surface area contributed by atoms with Crippen molar-refractivity contribution in [2.45, 2.75) is 39.0 Å². The first-order chi connectivity index (χ1) is 23.6. The van der Waals surface area contributed by atoms with Crippen LogP contribution in [0.5, 0.6) is 23.0 Å². The molecule has 0 radical (unpaired) electrons. The average Bonchev–Trinajstić information content (AvgIpc) is 3.68. The van der Waals surface area contributed by atoms with Crippen molar-refractivity contribution in [2.75, 3.05) is 35.0 Å². The van der Waals surface area contributed by atoms with Gasteiger partial charge in [-0.15, -0.1) is 0 Å². The maximum Gasteiger partial charge on any atom is 0.411 e. The van der Waals surface area contributed by atoms with Crippen LogP contribution in [0.2, 0.25) is 0 Å². The van der Waals surface area contributed by atoms with Crippen molar-refractivity contribution in [3.63, 3.8) is 0 Å². The fraction of sp³-hybridized carbons (Fsp3) is 0.343. The summed E-state index contributed by atoms with van der Waals surface area (Å²) in [5, 5.41) is 2.62. The first kappa shape index (κ1) is 35.0. The lowest BCUT2D eigenvalue weighted by Crippen LogP contribution is -2.48. The van der Waals surface area contributed by atoms with Crippen molar-refractivity contribution in [2.24, 2.45) is 5.92 Å². The third-order valence-corrected chi connectivity index (χ3v) is 8.53. The zero-order valence-electron chi connectivity index (χ0n) is 28.2. The minimum Gasteiger partial charge on any atom is -0.497 e. The Hall–Kier alpha value is -5.37. The Balaban J connectivity index is 1.73. The number of hydrogen-bond donors (Lipinski definition) is 1. The van der Waals surface area contributed by atoms with Gasteiger partial charge < -0.3 is 38.5 Å². The van der Waals surface area contributed by atoms with E-state index < -0.39 is 29.9 Å². The Morgan fingerprint density at radius 1 is 0.898 bits per heavy atom. The molecule has 0 spiro atoms. The van der Waals surface area contributed by atoms with Crippen molar-refractivity contribution in [1.29, 1.82) is 0 Å². The monoisotopic (exact) mass is 691 g/mol. The minimum atomic E-state index is -2.10. The Bertz CT molecular complexity index is 1860. The topological polar surface area (TPSA) is 154 Å². The van der Waals surface area contributed by atoms with Gasteiger partial charge in [-0.05, 0) is 72.5 Å². The number of nitrogens with zero attached hydrogens (tertiary/aromatic N) is 2. The number of alkyl carbamates (subject to hydrolysis) is 1. The smallest absolute Gasteiger partial charge is 0.411 e. The highest BCUT2D eigenvalue weighted by Crippen LogP contribution is 2.49. The van der Waals surface area contributed by atoms with Crippen LogP contribution in [0.1, 0.15) is 37.5 Å². The van der Waals surface area contributed by atoms with Gasteiger partial charge in [0.15, 0.2) is 11.5 Å². The molecule has 2 unspecified atom stereocenters. The second kappa shape index (κ2) is 14.8. The predicted molar refractivity (Wildman–Crippen MR) is 180 cm³/mol. The number of benzene rings is 3. The van der Waals surface area contributed by atoms with Gasteiger partial charge in [-0.2, -0.15) is 8.75 Å². The number of fused-ring (bicyclic) bond motifs is 1. The first-order valence-corrected chi connectivity index (χ1v) is 16.1. The lowest BCUT2D eigenvalue weighted by Gasteiger charge is -2.32. The van der Waals surface area contributed by atoms with E-state index in [9.17, 15) is 14.4 Å². The number of carbonyl (C=O) groups excluding carboxylic acids is 3. The number of ether oxygens (including phenoxy) is 7. The van der Waals surface area contributed by atoms with Crippen LogP contribution in [0.3, 0.4) is 0 Å². The lowest BCUT2D eigenvalue weighted by molar-refractivity contribution is -0.186. The number of carbonyl (C=O) groups is 3. The summed E-state index contributed by atoms with van der Waals surface area (Å²) in [6, 6.07) is 14.2. The summed E-state index contributed by atoms with van der Waals surface area (Å²) >= 11 is 1.04. The van der Waals surface area contributed by atoms with E-state index in [2.05, 4.69) is 14.1 Å². The van der Waals surface area contributed by atoms with E-state index in [-0.39, 0.29) is 30.1 Å². The van der Waals surface area contributed by atoms with Gasteiger partial charge in [0.2, 0.25) is 5.75 Å². The normalized spacial score (nSPS) is 16.3. The number of cyclic esters (lactones) is 1. The molecule has 13 nitrogen and oxygen atoms in total. The molecule has 1 aliphatic rings. The summed E-state index contributed by atoms with van der Waals surface area (Å²) in [4.78, 5) is 40.7. The Morgan fingerprint density at radius 3 is 2.16 bits per heavy atom. The summed E-state index contributed by atoms with van der Waals surface area (Å²) in [6.07, 6.45) is -1.01. The van der Waals surface area contributed by atoms with Gasteiger partial charge >= 0.3 is 23.8 Å². The largest absolute Gasteiger partial charge is 0.497 e. The minimum absolute atomic E-state index is 0.00986. The third kappa shape index (κ3) is 6.95. The molecule has 258 valence electrons. The Kier molecular flexibility index (Phi) is 10.6. The van der Waals surface area contributed by atoms with Crippen LogP contribution in [-0.4, -0.2) is 67.9 Å². The molecular formula is C35H37N3O10S. The van der Waals surface area contributed by atoms with Gasteiger partial charge in [-0.25, -0.2) is 14.4 Å². The molecule has 5 rings (SSSR count). The van der Waals surface area contributed by atoms with Crippen LogP contribution in [0, 0.1) is 5.92 Å². The summed E-state index contributed by atoms with van der Waals surface area (Å²) in [5.41, 5.74) is 3.06. The van der Waals surface area contributed by atoms with Gasteiger partial charge in [0.25, 0.3) is 0 Å². The van der Waals surface area contributed by atoms with Crippen LogP contribution in [0.25, 0.3) is 16.6 Å². The van der Waals surface area contributed by atoms with Crippen LogP contribution in [-0.2, 0) is 36.0 Å². The average molecular weight is 692 g/mol. The summed E-state index contributed by atoms with van der Waals surface area (Å²) in [5.74, 6) is -2.18. The molecule has 0 aliphatic carbocycles. The third-order valence-electron chi connectivity index (χ3n) is 7.97. The van der Waals surface area contributed by atoms with E-state index in [4.69, 9.17) is 33.2 Å². The first-order valence-electron chi connectivity index (χ1n) is 15.4. The lowest BCUT2D eigenvalue weighted by atomic mass is 9.87. The molecule has 0 bridgehead atoms. The standard InChI is InChI=1S/C35H37N3O10S/c1-8-46-33(40)30(19(2)3)36-34(41)48-35(22-10-12-23(42-4)13-11-22)24(15-20-16-27(43-5)31(45-7)28(17-20)44-6)29(32(39)47-35)21-9-14-25-26(18-21)38-49-37-25/h9-14,16-19,30H,8,15H2,1-7H3,(H,36,41). The van der Waals surface area contributed by atoms with E-state index in [1.807, 2.05) is 0 Å². The highest BCUT2D eigenvalue weighted by Gasteiger charge is 2.53. The second-order valence-corrected chi connectivity index (χ2v) is 11.8. The predicted octanol–water partition coefficient (Wildman–Crippen LogP) is 5.45. The zero-order chi connectivity index (χ0) is 35.3. The second-order valence-electron chi connectivity index (χ2n) is 11.3. The molecule has 4 aromatic rings. The van der Waals surface area contributed by atoms with Crippen molar-refractivity contribution in [1.82, 2.24) is 14.1 Å². The van der Waals surface area contributed by atoms with Gasteiger partial charge in [-0.1, -0.05) is 19.9 Å². The molecule has 0 fully saturated rings. The molecule has 14 heteroatoms. The van der Waals surface area contributed by atoms with Crippen LogP contribution in [0.4, 0.5) is 4.79 Å². The molecular weight excluding hydrogens is 654 g/mol. The maximum atomic E-state index is 14.1. The van der Waals surface area contributed by atoms with Gasteiger partial charge in [0.05, 0.1) is 52.3 Å². The van der Waals surface area contributed by atoms with E-state index in [0.717, 1.165) is 11.7 Å². The number of rotatable bonds is 13. The van der Waals surface area contributed by atoms with Crippen LogP contribution < -0.4 is 24.3 Å². The van der Waals surface area contributed by atoms with Crippen molar-refractivity contribution in [3.05, 3.63) is 76.9 Å². The molecule has 1 aromatic heterocycles. The highest BCUT2D eigenvalue weighted by atomic mass is 32.1. The summed E-state index contributed by atoms with van der Waals surface area (Å²) in [7, 11) is 6.00. The Labute approximate surface area is 287 Å². The fourth-order valence-corrected chi connectivity index (χ4v) is 6.13. The molecule has 1 amide bonds. The van der Waals surface area contributed by atoms with Crippen molar-refractivity contribution < 1.29 is 47.5 Å². The van der Waals surface area contributed by atoms with Gasteiger partial charge in [0, 0.05) is 17.6 Å². The number of hydrogen-bond acceptors (Lipinski definition) is 13. The SMILES string of the molecule is CCOC(=O)C(NC(=O)OC1(c2ccc(OC)cc2)OC(=O)C(c2ccc3nsnc3c2)=C1Cc1cc(OC)c(OC)c(OC)c1)C(C)C. The van der Waals surface area contributed by atoms with E-state index >= 15 is 0 Å². The number of nitrogens with one attached hydrogen (secondary N) is 1. The Morgan fingerprint density at radius 2 is 1.57 bits per heavy atom. The molecule has 2 atom stereocenters.